The van der Waals surface area contributed by atoms with Crippen LogP contribution in [-0.2, 0) is 0 Å². The highest BCUT2D eigenvalue weighted by Gasteiger charge is 2.01. The number of rotatable bonds is 2. The number of aryl methyl sites for hydroxylation is 2. The van der Waals surface area contributed by atoms with E-state index in [1.165, 1.54) is 11.1 Å². The molecule has 0 aliphatic heterocycles. The molecule has 0 spiro atoms. The van der Waals surface area contributed by atoms with Gasteiger partial charge in [-0.15, -0.1) is 0 Å². The first-order chi connectivity index (χ1) is 8.19. The van der Waals surface area contributed by atoms with Crippen molar-refractivity contribution in [1.29, 1.82) is 5.26 Å². The Morgan fingerprint density at radius 3 is 2.53 bits per heavy atom. The summed E-state index contributed by atoms with van der Waals surface area (Å²) in [7, 11) is 0. The molecule has 0 atom stereocenters. The molecule has 0 N–H and O–H groups in total. The van der Waals surface area contributed by atoms with Gasteiger partial charge in [0, 0.05) is 12.3 Å². The quantitative estimate of drug-likeness (QED) is 0.785. The van der Waals surface area contributed by atoms with Crippen LogP contribution < -0.4 is 4.74 Å². The van der Waals surface area contributed by atoms with Crippen LogP contribution in [0.2, 0.25) is 0 Å². The van der Waals surface area contributed by atoms with Crippen LogP contribution in [0.1, 0.15) is 16.8 Å². The Bertz CT molecular complexity index is 585. The summed E-state index contributed by atoms with van der Waals surface area (Å²) < 4.78 is 5.67. The smallest absolute Gasteiger partial charge is 0.144 e. The lowest BCUT2D eigenvalue weighted by molar-refractivity contribution is 0.481. The number of nitriles is 1. The van der Waals surface area contributed by atoms with E-state index < -0.39 is 0 Å². The second-order valence-electron chi connectivity index (χ2n) is 3.84. The number of benzene rings is 1. The minimum Gasteiger partial charge on any atom is -0.457 e. The summed E-state index contributed by atoms with van der Waals surface area (Å²) in [5.41, 5.74) is 2.76. The van der Waals surface area contributed by atoms with Gasteiger partial charge in [-0.05, 0) is 43.2 Å². The Kier molecular flexibility index (Phi) is 3.06. The molecule has 17 heavy (non-hydrogen) atoms. The maximum atomic E-state index is 8.74. The number of hydrogen-bond donors (Lipinski definition) is 0. The van der Waals surface area contributed by atoms with E-state index in [9.17, 15) is 0 Å². The van der Waals surface area contributed by atoms with E-state index in [1.54, 1.807) is 18.3 Å². The Labute approximate surface area is 100 Å². The maximum Gasteiger partial charge on any atom is 0.144 e. The Morgan fingerprint density at radius 2 is 1.82 bits per heavy atom. The predicted molar refractivity (Wildman–Crippen MR) is 64.9 cm³/mol. The number of nitrogens with zero attached hydrogens (tertiary/aromatic N) is 2. The van der Waals surface area contributed by atoms with Gasteiger partial charge in [0.05, 0.1) is 0 Å². The second kappa shape index (κ2) is 4.67. The normalized spacial score (nSPS) is 9.71. The highest BCUT2D eigenvalue weighted by molar-refractivity contribution is 5.38. The average Bonchev–Trinajstić information content (AvgIpc) is 2.34. The van der Waals surface area contributed by atoms with E-state index in [4.69, 9.17) is 10.00 Å². The highest BCUT2D eigenvalue weighted by Crippen LogP contribution is 2.23. The molecule has 1 heterocycles. The first kappa shape index (κ1) is 11.2. The van der Waals surface area contributed by atoms with Crippen molar-refractivity contribution in [2.45, 2.75) is 13.8 Å². The third-order valence-electron chi connectivity index (χ3n) is 2.56. The van der Waals surface area contributed by atoms with Crippen molar-refractivity contribution in [2.75, 3.05) is 0 Å². The van der Waals surface area contributed by atoms with E-state index in [2.05, 4.69) is 11.9 Å². The van der Waals surface area contributed by atoms with Gasteiger partial charge in [-0.3, -0.25) is 0 Å². The van der Waals surface area contributed by atoms with Crippen LogP contribution in [0.15, 0.2) is 36.5 Å². The minimum atomic E-state index is 0.353. The molecule has 0 aliphatic carbocycles. The van der Waals surface area contributed by atoms with E-state index in [-0.39, 0.29) is 0 Å². The number of aromatic nitrogens is 1. The molecular weight excluding hydrogens is 212 g/mol. The Hall–Kier alpha value is -2.34. The maximum absolute atomic E-state index is 8.74. The molecule has 0 unspecified atom stereocenters. The summed E-state index contributed by atoms with van der Waals surface area (Å²) in [6, 6.07) is 11.2. The van der Waals surface area contributed by atoms with E-state index in [0.717, 1.165) is 5.75 Å². The molecule has 0 aliphatic rings. The lowest BCUT2D eigenvalue weighted by Crippen LogP contribution is -1.89. The van der Waals surface area contributed by atoms with Crippen LogP contribution in [0.4, 0.5) is 0 Å². The Morgan fingerprint density at radius 1 is 1.06 bits per heavy atom. The van der Waals surface area contributed by atoms with Gasteiger partial charge in [-0.25, -0.2) is 4.98 Å². The zero-order valence-corrected chi connectivity index (χ0v) is 9.77. The molecule has 0 radical (unpaired) electrons. The summed E-state index contributed by atoms with van der Waals surface area (Å²) >= 11 is 0. The fourth-order valence-corrected chi connectivity index (χ4v) is 1.45. The van der Waals surface area contributed by atoms with E-state index in [1.807, 2.05) is 31.2 Å². The summed E-state index contributed by atoms with van der Waals surface area (Å²) in [5.74, 6) is 1.39. The minimum absolute atomic E-state index is 0.353. The van der Waals surface area contributed by atoms with Crippen molar-refractivity contribution in [3.05, 3.63) is 53.3 Å². The lowest BCUT2D eigenvalue weighted by Gasteiger charge is -2.07. The van der Waals surface area contributed by atoms with Gasteiger partial charge in [0.25, 0.3) is 0 Å². The summed E-state index contributed by atoms with van der Waals surface area (Å²) in [4.78, 5) is 3.89. The standard InChI is InChI=1S/C14H12N2O/c1-10-3-4-13(7-11(10)2)17-14-5-6-16-12(8-14)9-15/h3-8H,1-2H3. The van der Waals surface area contributed by atoms with E-state index in [0.29, 0.717) is 11.4 Å². The van der Waals surface area contributed by atoms with Crippen LogP contribution in [0.25, 0.3) is 0 Å². The topological polar surface area (TPSA) is 45.9 Å². The van der Waals surface area contributed by atoms with Crippen molar-refractivity contribution in [1.82, 2.24) is 4.98 Å². The van der Waals surface area contributed by atoms with Crippen LogP contribution in [0, 0.1) is 25.2 Å². The van der Waals surface area contributed by atoms with Gasteiger partial charge >= 0.3 is 0 Å². The van der Waals surface area contributed by atoms with Crippen molar-refractivity contribution in [2.24, 2.45) is 0 Å². The molecule has 0 fully saturated rings. The predicted octanol–water partition coefficient (Wildman–Crippen LogP) is 3.36. The zero-order valence-electron chi connectivity index (χ0n) is 9.77. The molecule has 3 nitrogen and oxygen atoms in total. The fraction of sp³-hybridized carbons (Fsp3) is 0.143. The van der Waals surface area contributed by atoms with Gasteiger partial charge < -0.3 is 4.74 Å². The molecule has 1 aromatic carbocycles. The molecule has 84 valence electrons. The molecular formula is C14H12N2O. The van der Waals surface area contributed by atoms with Gasteiger partial charge in [0.1, 0.15) is 23.3 Å². The van der Waals surface area contributed by atoms with Gasteiger partial charge in [-0.2, -0.15) is 5.26 Å². The third-order valence-corrected chi connectivity index (χ3v) is 2.56. The first-order valence-corrected chi connectivity index (χ1v) is 5.30. The Balaban J connectivity index is 2.25. The van der Waals surface area contributed by atoms with Crippen molar-refractivity contribution in [3.8, 4) is 17.6 Å². The molecule has 1 aromatic heterocycles. The van der Waals surface area contributed by atoms with Gasteiger partial charge in [0.2, 0.25) is 0 Å². The number of ether oxygens (including phenoxy) is 1. The van der Waals surface area contributed by atoms with Crippen LogP contribution in [-0.4, -0.2) is 4.98 Å². The zero-order chi connectivity index (χ0) is 12.3. The molecule has 0 bridgehead atoms. The highest BCUT2D eigenvalue weighted by atomic mass is 16.5. The molecule has 0 saturated carbocycles. The molecule has 3 heteroatoms. The fourth-order valence-electron chi connectivity index (χ4n) is 1.45. The van der Waals surface area contributed by atoms with E-state index >= 15 is 0 Å². The monoisotopic (exact) mass is 224 g/mol. The summed E-state index contributed by atoms with van der Waals surface area (Å²) in [5, 5.41) is 8.74. The average molecular weight is 224 g/mol. The molecule has 2 aromatic rings. The second-order valence-corrected chi connectivity index (χ2v) is 3.84. The van der Waals surface area contributed by atoms with Crippen molar-refractivity contribution < 1.29 is 4.74 Å². The largest absolute Gasteiger partial charge is 0.457 e. The van der Waals surface area contributed by atoms with Gasteiger partial charge in [0.15, 0.2) is 0 Å². The third kappa shape index (κ3) is 2.61. The first-order valence-electron chi connectivity index (χ1n) is 5.30. The molecule has 0 amide bonds. The van der Waals surface area contributed by atoms with Crippen LogP contribution in [0.3, 0.4) is 0 Å². The molecule has 2 rings (SSSR count). The van der Waals surface area contributed by atoms with Crippen molar-refractivity contribution >= 4 is 0 Å². The lowest BCUT2D eigenvalue weighted by atomic mass is 10.1. The summed E-state index contributed by atoms with van der Waals surface area (Å²) in [6.07, 6.45) is 1.56. The molecule has 0 saturated heterocycles. The van der Waals surface area contributed by atoms with Crippen LogP contribution in [0.5, 0.6) is 11.5 Å². The number of pyridine rings is 1. The van der Waals surface area contributed by atoms with Crippen LogP contribution >= 0.6 is 0 Å². The summed E-state index contributed by atoms with van der Waals surface area (Å²) in [6.45, 7) is 4.09. The van der Waals surface area contributed by atoms with Gasteiger partial charge in [-0.1, -0.05) is 6.07 Å². The van der Waals surface area contributed by atoms with Crippen molar-refractivity contribution in [3.63, 3.8) is 0 Å². The number of hydrogen-bond acceptors (Lipinski definition) is 3. The SMILES string of the molecule is Cc1ccc(Oc2ccnc(C#N)c2)cc1C.